The second-order valence-electron chi connectivity index (χ2n) is 5.62. The topological polar surface area (TPSA) is 21.3 Å². The molecule has 3 rings (SSSR count). The standard InChI is InChI=1S/C19H23NO/c1-2-21-17-10-8-16(9-11-17)18-12-13-20-14-19(18)15-6-4-3-5-7-15/h3-11,18-20H,2,12-14H2,1H3. The van der Waals surface area contributed by atoms with Gasteiger partial charge < -0.3 is 10.1 Å². The van der Waals surface area contributed by atoms with E-state index in [9.17, 15) is 0 Å². The summed E-state index contributed by atoms with van der Waals surface area (Å²) in [6.07, 6.45) is 1.19. The Hall–Kier alpha value is -1.80. The van der Waals surface area contributed by atoms with Gasteiger partial charge >= 0.3 is 0 Å². The van der Waals surface area contributed by atoms with Crippen LogP contribution < -0.4 is 10.1 Å². The molecule has 1 N–H and O–H groups in total. The molecule has 2 nitrogen and oxygen atoms in total. The zero-order chi connectivity index (χ0) is 14.5. The molecule has 1 saturated heterocycles. The lowest BCUT2D eigenvalue weighted by Gasteiger charge is -2.33. The number of benzene rings is 2. The summed E-state index contributed by atoms with van der Waals surface area (Å²) in [5.41, 5.74) is 2.86. The van der Waals surface area contributed by atoms with Crippen LogP contribution in [0.1, 0.15) is 36.3 Å². The molecule has 1 aliphatic heterocycles. The Balaban J connectivity index is 1.84. The molecule has 2 atom stereocenters. The van der Waals surface area contributed by atoms with Gasteiger partial charge in [0.25, 0.3) is 0 Å². The lowest BCUT2D eigenvalue weighted by Crippen LogP contribution is -2.33. The van der Waals surface area contributed by atoms with Gasteiger partial charge in [0, 0.05) is 12.5 Å². The summed E-state index contributed by atoms with van der Waals surface area (Å²) in [7, 11) is 0. The van der Waals surface area contributed by atoms with Crippen molar-refractivity contribution in [2.75, 3.05) is 19.7 Å². The van der Waals surface area contributed by atoms with Crippen LogP contribution in [0, 0.1) is 0 Å². The van der Waals surface area contributed by atoms with Crippen LogP contribution in [0.4, 0.5) is 0 Å². The fourth-order valence-corrected chi connectivity index (χ4v) is 3.29. The summed E-state index contributed by atoms with van der Waals surface area (Å²) >= 11 is 0. The molecule has 2 unspecified atom stereocenters. The summed E-state index contributed by atoms with van der Waals surface area (Å²) in [6.45, 7) is 4.90. The molecule has 0 amide bonds. The van der Waals surface area contributed by atoms with Crippen LogP contribution in [0.3, 0.4) is 0 Å². The van der Waals surface area contributed by atoms with Crippen LogP contribution in [0.15, 0.2) is 54.6 Å². The van der Waals surface area contributed by atoms with E-state index in [2.05, 4.69) is 59.9 Å². The number of ether oxygens (including phenoxy) is 1. The van der Waals surface area contributed by atoms with Gasteiger partial charge in [0.1, 0.15) is 5.75 Å². The summed E-state index contributed by atoms with van der Waals surface area (Å²) in [5, 5.41) is 3.54. The first-order chi connectivity index (χ1) is 10.4. The maximum Gasteiger partial charge on any atom is 0.119 e. The van der Waals surface area contributed by atoms with Crippen molar-refractivity contribution in [2.45, 2.75) is 25.2 Å². The monoisotopic (exact) mass is 281 g/mol. The van der Waals surface area contributed by atoms with E-state index in [0.717, 1.165) is 25.4 Å². The maximum atomic E-state index is 5.55. The van der Waals surface area contributed by atoms with Crippen molar-refractivity contribution in [3.05, 3.63) is 65.7 Å². The molecule has 0 bridgehead atoms. The Labute approximate surface area is 127 Å². The van der Waals surface area contributed by atoms with E-state index >= 15 is 0 Å². The van der Waals surface area contributed by atoms with E-state index in [1.807, 2.05) is 6.92 Å². The Bertz CT molecular complexity index is 550. The minimum absolute atomic E-state index is 0.554. The molecule has 21 heavy (non-hydrogen) atoms. The van der Waals surface area contributed by atoms with Crippen molar-refractivity contribution >= 4 is 0 Å². The molecular formula is C19H23NO. The normalized spacial score (nSPS) is 22.0. The zero-order valence-corrected chi connectivity index (χ0v) is 12.6. The third kappa shape index (κ3) is 3.27. The van der Waals surface area contributed by atoms with Crippen molar-refractivity contribution in [1.29, 1.82) is 0 Å². The van der Waals surface area contributed by atoms with E-state index in [1.165, 1.54) is 17.5 Å². The minimum atomic E-state index is 0.554. The molecule has 0 radical (unpaired) electrons. The van der Waals surface area contributed by atoms with Crippen LogP contribution in [-0.4, -0.2) is 19.7 Å². The predicted octanol–water partition coefficient (Wildman–Crippen LogP) is 3.95. The third-order valence-electron chi connectivity index (χ3n) is 4.33. The molecule has 2 heteroatoms. The Morgan fingerprint density at radius 1 is 0.952 bits per heavy atom. The molecule has 1 heterocycles. The third-order valence-corrected chi connectivity index (χ3v) is 4.33. The van der Waals surface area contributed by atoms with Crippen LogP contribution in [0.5, 0.6) is 5.75 Å². The SMILES string of the molecule is CCOc1ccc(C2CCNCC2c2ccccc2)cc1. The van der Waals surface area contributed by atoms with Crippen molar-refractivity contribution in [2.24, 2.45) is 0 Å². The Morgan fingerprint density at radius 2 is 1.67 bits per heavy atom. The first-order valence-corrected chi connectivity index (χ1v) is 7.87. The lowest BCUT2D eigenvalue weighted by atomic mass is 9.77. The van der Waals surface area contributed by atoms with Gasteiger partial charge in [0.2, 0.25) is 0 Å². The van der Waals surface area contributed by atoms with Gasteiger partial charge in [-0.3, -0.25) is 0 Å². The summed E-state index contributed by atoms with van der Waals surface area (Å²) in [5.74, 6) is 2.11. The summed E-state index contributed by atoms with van der Waals surface area (Å²) in [6, 6.07) is 19.5. The lowest BCUT2D eigenvalue weighted by molar-refractivity contribution is 0.339. The molecular weight excluding hydrogens is 258 g/mol. The molecule has 1 fully saturated rings. The zero-order valence-electron chi connectivity index (χ0n) is 12.6. The highest BCUT2D eigenvalue weighted by Gasteiger charge is 2.27. The second-order valence-corrected chi connectivity index (χ2v) is 5.62. The van der Waals surface area contributed by atoms with Crippen LogP contribution in [0.2, 0.25) is 0 Å². The first kappa shape index (κ1) is 14.2. The summed E-state index contributed by atoms with van der Waals surface area (Å²) < 4.78 is 5.55. The summed E-state index contributed by atoms with van der Waals surface area (Å²) in [4.78, 5) is 0. The average Bonchev–Trinajstić information content (AvgIpc) is 2.57. The number of rotatable bonds is 4. The van der Waals surface area contributed by atoms with E-state index in [-0.39, 0.29) is 0 Å². The largest absolute Gasteiger partial charge is 0.494 e. The quantitative estimate of drug-likeness (QED) is 0.916. The van der Waals surface area contributed by atoms with Crippen molar-refractivity contribution in [3.63, 3.8) is 0 Å². The first-order valence-electron chi connectivity index (χ1n) is 7.87. The Kier molecular flexibility index (Phi) is 4.56. The molecule has 2 aromatic carbocycles. The number of hydrogen-bond donors (Lipinski definition) is 1. The highest BCUT2D eigenvalue weighted by atomic mass is 16.5. The second kappa shape index (κ2) is 6.77. The molecule has 0 aromatic heterocycles. The highest BCUT2D eigenvalue weighted by molar-refractivity contribution is 5.34. The van der Waals surface area contributed by atoms with Gasteiger partial charge in [-0.2, -0.15) is 0 Å². The smallest absolute Gasteiger partial charge is 0.119 e. The van der Waals surface area contributed by atoms with Gasteiger partial charge in [0.05, 0.1) is 6.61 Å². The van der Waals surface area contributed by atoms with Gasteiger partial charge in [-0.1, -0.05) is 42.5 Å². The van der Waals surface area contributed by atoms with Gasteiger partial charge in [-0.15, -0.1) is 0 Å². The van der Waals surface area contributed by atoms with E-state index in [4.69, 9.17) is 4.74 Å². The fraction of sp³-hybridized carbons (Fsp3) is 0.368. The van der Waals surface area contributed by atoms with Crippen molar-refractivity contribution < 1.29 is 4.74 Å². The van der Waals surface area contributed by atoms with E-state index in [0.29, 0.717) is 11.8 Å². The van der Waals surface area contributed by atoms with Crippen molar-refractivity contribution in [3.8, 4) is 5.75 Å². The van der Waals surface area contributed by atoms with Gasteiger partial charge in [-0.25, -0.2) is 0 Å². The molecule has 0 saturated carbocycles. The van der Waals surface area contributed by atoms with Crippen LogP contribution in [0.25, 0.3) is 0 Å². The molecule has 0 spiro atoms. The van der Waals surface area contributed by atoms with Crippen molar-refractivity contribution in [1.82, 2.24) is 5.32 Å². The fourth-order valence-electron chi connectivity index (χ4n) is 3.29. The van der Waals surface area contributed by atoms with Gasteiger partial charge in [0.15, 0.2) is 0 Å². The molecule has 110 valence electrons. The number of nitrogens with one attached hydrogen (secondary N) is 1. The molecule has 2 aromatic rings. The minimum Gasteiger partial charge on any atom is -0.494 e. The van der Waals surface area contributed by atoms with E-state index in [1.54, 1.807) is 0 Å². The van der Waals surface area contributed by atoms with Crippen LogP contribution in [-0.2, 0) is 0 Å². The average molecular weight is 281 g/mol. The maximum absolute atomic E-state index is 5.55. The predicted molar refractivity (Wildman–Crippen MR) is 87.0 cm³/mol. The van der Waals surface area contributed by atoms with E-state index < -0.39 is 0 Å². The highest BCUT2D eigenvalue weighted by Crippen LogP contribution is 2.37. The molecule has 1 aliphatic rings. The van der Waals surface area contributed by atoms with Gasteiger partial charge in [-0.05, 0) is 49.1 Å². The number of piperidine rings is 1. The Morgan fingerprint density at radius 3 is 2.38 bits per heavy atom. The van der Waals surface area contributed by atoms with Crippen LogP contribution >= 0.6 is 0 Å². The molecule has 0 aliphatic carbocycles. The number of hydrogen-bond acceptors (Lipinski definition) is 2.